The lowest BCUT2D eigenvalue weighted by molar-refractivity contribution is -0.132. The number of nitrogens with zero attached hydrogens (tertiary/aromatic N) is 2. The average Bonchev–Trinajstić information content (AvgIpc) is 2.55. The Morgan fingerprint density at radius 1 is 1.18 bits per heavy atom. The summed E-state index contributed by atoms with van der Waals surface area (Å²) in [6, 6.07) is 16.0. The van der Waals surface area contributed by atoms with Crippen molar-refractivity contribution in [3.63, 3.8) is 0 Å². The van der Waals surface area contributed by atoms with Gasteiger partial charge in [-0.3, -0.25) is 4.79 Å². The number of amides is 1. The number of nitriles is 1. The van der Waals surface area contributed by atoms with Crippen LogP contribution >= 0.6 is 11.6 Å². The second-order valence-electron chi connectivity index (χ2n) is 4.80. The summed E-state index contributed by atoms with van der Waals surface area (Å²) in [4.78, 5) is 13.6. The number of hydrogen-bond donors (Lipinski definition) is 0. The van der Waals surface area contributed by atoms with Gasteiger partial charge >= 0.3 is 0 Å². The molecule has 0 aliphatic rings. The van der Waals surface area contributed by atoms with Crippen molar-refractivity contribution >= 4 is 17.5 Å². The summed E-state index contributed by atoms with van der Waals surface area (Å²) in [7, 11) is 1.72. The van der Waals surface area contributed by atoms with Gasteiger partial charge in [-0.25, -0.2) is 0 Å². The number of carbonyl (C=O) groups excluding carboxylic acids is 1. The molecule has 4 nitrogen and oxygen atoms in total. The van der Waals surface area contributed by atoms with Crippen molar-refractivity contribution in [2.45, 2.75) is 6.54 Å². The minimum atomic E-state index is -0.126. The van der Waals surface area contributed by atoms with E-state index in [2.05, 4.69) is 0 Å². The largest absolute Gasteiger partial charge is 0.484 e. The monoisotopic (exact) mass is 314 g/mol. The van der Waals surface area contributed by atoms with Crippen molar-refractivity contribution in [1.29, 1.82) is 5.26 Å². The first-order valence-corrected chi connectivity index (χ1v) is 7.07. The Morgan fingerprint density at radius 2 is 1.82 bits per heavy atom. The lowest BCUT2D eigenvalue weighted by Crippen LogP contribution is -2.30. The van der Waals surface area contributed by atoms with Gasteiger partial charge in [-0.15, -0.1) is 0 Å². The molecule has 2 rings (SSSR count). The molecule has 0 N–H and O–H groups in total. The van der Waals surface area contributed by atoms with Gasteiger partial charge in [0.05, 0.1) is 11.6 Å². The zero-order chi connectivity index (χ0) is 15.9. The highest BCUT2D eigenvalue weighted by Crippen LogP contribution is 2.13. The summed E-state index contributed by atoms with van der Waals surface area (Å²) in [5.41, 5.74) is 1.55. The molecule has 0 heterocycles. The van der Waals surface area contributed by atoms with Crippen molar-refractivity contribution in [1.82, 2.24) is 4.90 Å². The molecule has 0 atom stereocenters. The van der Waals surface area contributed by atoms with Gasteiger partial charge in [-0.2, -0.15) is 5.26 Å². The van der Waals surface area contributed by atoms with Crippen LogP contribution in [0.4, 0.5) is 0 Å². The van der Waals surface area contributed by atoms with Crippen molar-refractivity contribution in [2.24, 2.45) is 0 Å². The van der Waals surface area contributed by atoms with E-state index in [-0.39, 0.29) is 12.5 Å². The van der Waals surface area contributed by atoms with Crippen LogP contribution in [0.25, 0.3) is 0 Å². The molecular formula is C17H15ClN2O2. The van der Waals surface area contributed by atoms with E-state index in [1.54, 1.807) is 48.3 Å². The molecule has 22 heavy (non-hydrogen) atoms. The minimum Gasteiger partial charge on any atom is -0.484 e. The first kappa shape index (κ1) is 15.9. The Morgan fingerprint density at radius 3 is 2.41 bits per heavy atom. The maximum Gasteiger partial charge on any atom is 0.260 e. The Labute approximate surface area is 134 Å². The van der Waals surface area contributed by atoms with Gasteiger partial charge in [0.2, 0.25) is 0 Å². The first-order valence-electron chi connectivity index (χ1n) is 6.70. The molecule has 0 aliphatic heterocycles. The summed E-state index contributed by atoms with van der Waals surface area (Å²) in [5.74, 6) is 0.437. The second-order valence-corrected chi connectivity index (χ2v) is 5.24. The van der Waals surface area contributed by atoms with Crippen LogP contribution in [0.3, 0.4) is 0 Å². The number of ether oxygens (including phenoxy) is 1. The number of halogens is 1. The molecule has 0 aromatic heterocycles. The quantitative estimate of drug-likeness (QED) is 0.851. The Hall–Kier alpha value is -2.51. The van der Waals surface area contributed by atoms with Gasteiger partial charge < -0.3 is 9.64 Å². The van der Waals surface area contributed by atoms with Gasteiger partial charge in [0.1, 0.15) is 5.75 Å². The van der Waals surface area contributed by atoms with E-state index in [1.807, 2.05) is 18.2 Å². The summed E-state index contributed by atoms with van der Waals surface area (Å²) < 4.78 is 5.42. The Bertz CT molecular complexity index is 675. The maximum atomic E-state index is 12.0. The van der Waals surface area contributed by atoms with Gasteiger partial charge in [-0.1, -0.05) is 23.7 Å². The van der Waals surface area contributed by atoms with Crippen LogP contribution in [0.1, 0.15) is 11.1 Å². The third-order valence-corrected chi connectivity index (χ3v) is 3.36. The van der Waals surface area contributed by atoms with Crippen molar-refractivity contribution < 1.29 is 9.53 Å². The molecule has 112 valence electrons. The van der Waals surface area contributed by atoms with Crippen molar-refractivity contribution in [3.05, 3.63) is 64.7 Å². The van der Waals surface area contributed by atoms with E-state index in [9.17, 15) is 4.79 Å². The Kier molecular flexibility index (Phi) is 5.40. The van der Waals surface area contributed by atoms with Gasteiger partial charge in [0.25, 0.3) is 5.91 Å². The fourth-order valence-corrected chi connectivity index (χ4v) is 1.96. The fourth-order valence-electron chi connectivity index (χ4n) is 1.83. The average molecular weight is 315 g/mol. The summed E-state index contributed by atoms with van der Waals surface area (Å²) in [5, 5.41) is 9.39. The Balaban J connectivity index is 1.85. The molecule has 0 saturated carbocycles. The van der Waals surface area contributed by atoms with Crippen LogP contribution in [0, 0.1) is 11.3 Å². The van der Waals surface area contributed by atoms with Crippen LogP contribution < -0.4 is 4.74 Å². The number of benzene rings is 2. The third kappa shape index (κ3) is 4.51. The standard InChI is InChI=1S/C17H15ClN2O2/c1-20(11-14-2-6-15(18)7-3-14)17(21)12-22-16-8-4-13(10-19)5-9-16/h2-9H,11-12H2,1H3. The molecule has 0 fully saturated rings. The first-order chi connectivity index (χ1) is 10.6. The molecule has 2 aromatic rings. The molecule has 2 aromatic carbocycles. The molecule has 0 saturated heterocycles. The zero-order valence-corrected chi connectivity index (χ0v) is 12.9. The van der Waals surface area contributed by atoms with Gasteiger partial charge in [0.15, 0.2) is 6.61 Å². The van der Waals surface area contributed by atoms with Crippen molar-refractivity contribution in [2.75, 3.05) is 13.7 Å². The van der Waals surface area contributed by atoms with Crippen LogP contribution in [-0.4, -0.2) is 24.5 Å². The lowest BCUT2D eigenvalue weighted by atomic mass is 10.2. The van der Waals surface area contributed by atoms with E-state index in [1.165, 1.54) is 0 Å². The van der Waals surface area contributed by atoms with E-state index < -0.39 is 0 Å². The molecule has 0 bridgehead atoms. The fraction of sp³-hybridized carbons (Fsp3) is 0.176. The van der Waals surface area contributed by atoms with Gasteiger partial charge in [-0.05, 0) is 42.0 Å². The minimum absolute atomic E-state index is 0.0456. The van der Waals surface area contributed by atoms with Crippen LogP contribution in [0.2, 0.25) is 5.02 Å². The smallest absolute Gasteiger partial charge is 0.260 e. The molecule has 0 spiro atoms. The summed E-state index contributed by atoms with van der Waals surface area (Å²) >= 11 is 5.83. The number of likely N-dealkylation sites (N-methyl/N-ethyl adjacent to an activating group) is 1. The summed E-state index contributed by atoms with van der Waals surface area (Å²) in [6.45, 7) is 0.447. The molecule has 1 amide bonds. The van der Waals surface area contributed by atoms with Gasteiger partial charge in [0, 0.05) is 18.6 Å². The molecule has 0 radical (unpaired) electrons. The number of rotatable bonds is 5. The number of hydrogen-bond acceptors (Lipinski definition) is 3. The summed E-state index contributed by atoms with van der Waals surface area (Å²) in [6.07, 6.45) is 0. The molecule has 5 heteroatoms. The maximum absolute atomic E-state index is 12.0. The zero-order valence-electron chi connectivity index (χ0n) is 12.1. The lowest BCUT2D eigenvalue weighted by Gasteiger charge is -2.17. The topological polar surface area (TPSA) is 53.3 Å². The van der Waals surface area contributed by atoms with Crippen LogP contribution in [0.5, 0.6) is 5.75 Å². The van der Waals surface area contributed by atoms with Crippen LogP contribution in [0.15, 0.2) is 48.5 Å². The highest BCUT2D eigenvalue weighted by Gasteiger charge is 2.10. The second kappa shape index (κ2) is 7.48. The third-order valence-electron chi connectivity index (χ3n) is 3.10. The van der Waals surface area contributed by atoms with Crippen LogP contribution in [-0.2, 0) is 11.3 Å². The van der Waals surface area contributed by atoms with E-state index >= 15 is 0 Å². The SMILES string of the molecule is CN(Cc1ccc(Cl)cc1)C(=O)COc1ccc(C#N)cc1. The molecular weight excluding hydrogens is 300 g/mol. The molecule has 0 unspecified atom stereocenters. The highest BCUT2D eigenvalue weighted by atomic mass is 35.5. The van der Waals surface area contributed by atoms with E-state index in [4.69, 9.17) is 21.6 Å². The number of carbonyl (C=O) groups is 1. The normalized spacial score (nSPS) is 9.86. The molecule has 0 aliphatic carbocycles. The highest BCUT2D eigenvalue weighted by molar-refractivity contribution is 6.30. The predicted molar refractivity (Wildman–Crippen MR) is 84.6 cm³/mol. The predicted octanol–water partition coefficient (Wildman–Crippen LogP) is 3.25. The van der Waals surface area contributed by atoms with Crippen molar-refractivity contribution in [3.8, 4) is 11.8 Å². The van der Waals surface area contributed by atoms with E-state index in [0.29, 0.717) is 22.9 Å². The van der Waals surface area contributed by atoms with E-state index in [0.717, 1.165) is 5.56 Å².